The Morgan fingerprint density at radius 1 is 1.40 bits per heavy atom. The molecule has 3 nitrogen and oxygen atoms in total. The SMILES string of the molecule is CC1CCC2(CCN(C(=O)OF)CC2)C1. The molecule has 2 rings (SSSR count). The van der Waals surface area contributed by atoms with Crippen LogP contribution in [0.3, 0.4) is 0 Å². The van der Waals surface area contributed by atoms with Crippen molar-refractivity contribution in [2.45, 2.75) is 39.0 Å². The maximum atomic E-state index is 11.7. The lowest BCUT2D eigenvalue weighted by molar-refractivity contribution is -0.0845. The number of nitrogens with zero attached hydrogens (tertiary/aromatic N) is 1. The number of carbonyl (C=O) groups is 1. The minimum absolute atomic E-state index is 0.437. The molecular weight excluding hydrogens is 197 g/mol. The molecule has 1 heterocycles. The van der Waals surface area contributed by atoms with Crippen molar-refractivity contribution >= 4 is 6.09 Å². The van der Waals surface area contributed by atoms with Crippen molar-refractivity contribution in [1.82, 2.24) is 4.90 Å². The Morgan fingerprint density at radius 2 is 2.07 bits per heavy atom. The van der Waals surface area contributed by atoms with Gasteiger partial charge in [0.05, 0.1) is 0 Å². The first-order valence-electron chi connectivity index (χ1n) is 5.73. The van der Waals surface area contributed by atoms with Crippen LogP contribution in [0.2, 0.25) is 0 Å². The molecule has 0 aromatic heterocycles. The molecule has 86 valence electrons. The first-order chi connectivity index (χ1) is 7.15. The fourth-order valence-corrected chi connectivity index (χ4v) is 3.16. The van der Waals surface area contributed by atoms with Crippen LogP contribution in [0, 0.1) is 11.3 Å². The average Bonchev–Trinajstić information content (AvgIpc) is 2.60. The fourth-order valence-electron chi connectivity index (χ4n) is 3.16. The Balaban J connectivity index is 1.89. The molecule has 1 atom stereocenters. The minimum Gasteiger partial charge on any atom is -0.306 e. The number of carbonyl (C=O) groups excluding carboxylic acids is 1. The second-order valence-electron chi connectivity index (χ2n) is 5.18. The van der Waals surface area contributed by atoms with Gasteiger partial charge < -0.3 is 4.90 Å². The van der Waals surface area contributed by atoms with Gasteiger partial charge in [0.15, 0.2) is 0 Å². The first kappa shape index (κ1) is 10.7. The highest BCUT2D eigenvalue weighted by Gasteiger charge is 2.40. The Labute approximate surface area is 89.5 Å². The number of hydrogen-bond acceptors (Lipinski definition) is 2. The van der Waals surface area contributed by atoms with E-state index in [2.05, 4.69) is 11.9 Å². The molecule has 0 radical (unpaired) electrons. The van der Waals surface area contributed by atoms with Crippen LogP contribution >= 0.6 is 0 Å². The van der Waals surface area contributed by atoms with E-state index in [1.165, 1.54) is 24.2 Å². The maximum absolute atomic E-state index is 11.7. The highest BCUT2D eigenvalue weighted by Crippen LogP contribution is 2.48. The summed E-state index contributed by atoms with van der Waals surface area (Å²) in [7, 11) is 0. The summed E-state index contributed by atoms with van der Waals surface area (Å²) in [5.74, 6) is 0.810. The van der Waals surface area contributed by atoms with E-state index in [1.54, 1.807) is 0 Å². The number of rotatable bonds is 0. The van der Waals surface area contributed by atoms with Crippen molar-refractivity contribution in [3.8, 4) is 0 Å². The molecule has 0 aromatic rings. The summed E-state index contributed by atoms with van der Waals surface area (Å²) >= 11 is 0. The number of likely N-dealkylation sites (tertiary alicyclic amines) is 1. The van der Waals surface area contributed by atoms with Crippen LogP contribution < -0.4 is 0 Å². The average molecular weight is 215 g/mol. The van der Waals surface area contributed by atoms with Gasteiger partial charge in [-0.2, -0.15) is 0 Å². The van der Waals surface area contributed by atoms with Crippen molar-refractivity contribution < 1.29 is 14.3 Å². The molecule has 0 N–H and O–H groups in total. The normalized spacial score (nSPS) is 29.5. The third-order valence-corrected chi connectivity index (χ3v) is 4.10. The molecule has 1 spiro atoms. The van der Waals surface area contributed by atoms with Crippen molar-refractivity contribution in [1.29, 1.82) is 0 Å². The van der Waals surface area contributed by atoms with Crippen LogP contribution in [0.25, 0.3) is 0 Å². The second-order valence-corrected chi connectivity index (χ2v) is 5.18. The number of halogens is 1. The predicted molar refractivity (Wildman–Crippen MR) is 53.8 cm³/mol. The van der Waals surface area contributed by atoms with Gasteiger partial charge in [-0.15, -0.1) is 0 Å². The van der Waals surface area contributed by atoms with Gasteiger partial charge in [0.2, 0.25) is 0 Å². The third-order valence-electron chi connectivity index (χ3n) is 4.10. The molecule has 1 saturated heterocycles. The molecule has 1 unspecified atom stereocenters. The summed E-state index contributed by atoms with van der Waals surface area (Å²) in [6.07, 6.45) is 5.03. The van der Waals surface area contributed by atoms with Crippen molar-refractivity contribution in [3.63, 3.8) is 0 Å². The van der Waals surface area contributed by atoms with Crippen molar-refractivity contribution in [3.05, 3.63) is 0 Å². The van der Waals surface area contributed by atoms with E-state index in [0.717, 1.165) is 18.8 Å². The molecular formula is C11H18FNO2. The van der Waals surface area contributed by atoms with Crippen molar-refractivity contribution in [2.24, 2.45) is 11.3 Å². The molecule has 1 aliphatic heterocycles. The molecule has 0 bridgehead atoms. The fraction of sp³-hybridized carbons (Fsp3) is 0.909. The van der Waals surface area contributed by atoms with Gasteiger partial charge in [-0.05, 0) is 37.0 Å². The van der Waals surface area contributed by atoms with Gasteiger partial charge in [0, 0.05) is 17.6 Å². The zero-order valence-electron chi connectivity index (χ0n) is 9.17. The van der Waals surface area contributed by atoms with Gasteiger partial charge >= 0.3 is 6.09 Å². The highest BCUT2D eigenvalue weighted by molar-refractivity contribution is 5.66. The van der Waals surface area contributed by atoms with Crippen LogP contribution in [0.5, 0.6) is 0 Å². The first-order valence-corrected chi connectivity index (χ1v) is 5.73. The van der Waals surface area contributed by atoms with E-state index in [0.29, 0.717) is 18.5 Å². The van der Waals surface area contributed by atoms with Crippen LogP contribution in [0.15, 0.2) is 0 Å². The maximum Gasteiger partial charge on any atom is 0.447 e. The van der Waals surface area contributed by atoms with E-state index >= 15 is 0 Å². The van der Waals surface area contributed by atoms with E-state index < -0.39 is 6.09 Å². The summed E-state index contributed by atoms with van der Waals surface area (Å²) < 4.78 is 11.7. The molecule has 1 amide bonds. The Morgan fingerprint density at radius 3 is 2.53 bits per heavy atom. The zero-order valence-corrected chi connectivity index (χ0v) is 9.17. The standard InChI is InChI=1S/C11H18FNO2/c1-9-2-3-11(8-9)4-6-13(7-5-11)10(14)15-12/h9H,2-8H2,1H3. The molecule has 2 fully saturated rings. The zero-order chi connectivity index (χ0) is 10.9. The summed E-state index contributed by atoms with van der Waals surface area (Å²) in [6.45, 7) is 3.59. The van der Waals surface area contributed by atoms with E-state index in [9.17, 15) is 9.32 Å². The predicted octanol–water partition coefficient (Wildman–Crippen LogP) is 2.91. The lowest BCUT2D eigenvalue weighted by Crippen LogP contribution is -2.42. The Hall–Kier alpha value is -0.800. The lowest BCUT2D eigenvalue weighted by Gasteiger charge is -2.38. The molecule has 0 aromatic carbocycles. The summed E-state index contributed by atoms with van der Waals surface area (Å²) in [4.78, 5) is 15.7. The van der Waals surface area contributed by atoms with Gasteiger partial charge in [-0.25, -0.2) is 9.74 Å². The topological polar surface area (TPSA) is 29.5 Å². The van der Waals surface area contributed by atoms with Gasteiger partial charge in [0.1, 0.15) is 0 Å². The Kier molecular flexibility index (Phi) is 2.85. The van der Waals surface area contributed by atoms with Gasteiger partial charge in [-0.1, -0.05) is 13.3 Å². The number of piperidine rings is 1. The van der Waals surface area contributed by atoms with E-state index in [-0.39, 0.29) is 0 Å². The quantitative estimate of drug-likeness (QED) is 0.621. The molecule has 1 aliphatic carbocycles. The summed E-state index contributed by atoms with van der Waals surface area (Å²) in [6, 6.07) is 0. The number of hydrogen-bond donors (Lipinski definition) is 0. The molecule has 1 saturated carbocycles. The summed E-state index contributed by atoms with van der Waals surface area (Å²) in [5, 5.41) is 0. The van der Waals surface area contributed by atoms with Crippen molar-refractivity contribution in [2.75, 3.05) is 13.1 Å². The Bertz CT molecular complexity index is 249. The second kappa shape index (κ2) is 3.99. The molecule has 4 heteroatoms. The van der Waals surface area contributed by atoms with Crippen LogP contribution in [-0.2, 0) is 4.94 Å². The summed E-state index contributed by atoms with van der Waals surface area (Å²) in [5.41, 5.74) is 0.437. The highest BCUT2D eigenvalue weighted by atomic mass is 19.3. The van der Waals surface area contributed by atoms with E-state index in [1.807, 2.05) is 0 Å². The monoisotopic (exact) mass is 215 g/mol. The minimum atomic E-state index is -0.823. The molecule has 15 heavy (non-hydrogen) atoms. The van der Waals surface area contributed by atoms with Crippen LogP contribution in [0.4, 0.5) is 9.32 Å². The van der Waals surface area contributed by atoms with Gasteiger partial charge in [0.25, 0.3) is 0 Å². The smallest absolute Gasteiger partial charge is 0.306 e. The van der Waals surface area contributed by atoms with E-state index in [4.69, 9.17) is 0 Å². The third kappa shape index (κ3) is 2.08. The lowest BCUT2D eigenvalue weighted by atomic mass is 9.76. The van der Waals surface area contributed by atoms with Crippen LogP contribution in [-0.4, -0.2) is 24.1 Å². The van der Waals surface area contributed by atoms with Gasteiger partial charge in [-0.3, -0.25) is 0 Å². The molecule has 2 aliphatic rings. The number of amides is 1. The van der Waals surface area contributed by atoms with Crippen LogP contribution in [0.1, 0.15) is 39.0 Å². The largest absolute Gasteiger partial charge is 0.447 e.